The Bertz CT molecular complexity index is 281. The van der Waals surface area contributed by atoms with Gasteiger partial charge in [-0.05, 0) is 0 Å². The lowest BCUT2D eigenvalue weighted by Crippen LogP contribution is -2.49. The molecule has 0 saturated heterocycles. The van der Waals surface area contributed by atoms with Crippen LogP contribution in [0.5, 0.6) is 0 Å². The number of hydrogen-bond acceptors (Lipinski definition) is 5. The third-order valence-corrected chi connectivity index (χ3v) is 1.79. The van der Waals surface area contributed by atoms with Gasteiger partial charge in [0, 0.05) is 13.0 Å². The Morgan fingerprint density at radius 3 is 2.25 bits per heavy atom. The van der Waals surface area contributed by atoms with Crippen LogP contribution in [0.15, 0.2) is 0 Å². The summed E-state index contributed by atoms with van der Waals surface area (Å²) < 4.78 is 0. The first-order valence-corrected chi connectivity index (χ1v) is 4.56. The van der Waals surface area contributed by atoms with E-state index in [1.807, 2.05) is 0 Å². The number of nitrogens with two attached hydrogens (primary N) is 2. The molecule has 7 N–H and O–H groups in total. The normalized spacial score (nSPS) is 13.9. The number of carboxylic acids is 1. The van der Waals surface area contributed by atoms with Crippen molar-refractivity contribution in [3.8, 4) is 0 Å². The lowest BCUT2D eigenvalue weighted by molar-refractivity contribution is -0.142. The van der Waals surface area contributed by atoms with Crippen molar-refractivity contribution in [2.45, 2.75) is 24.9 Å². The second-order valence-corrected chi connectivity index (χ2v) is 3.19. The second kappa shape index (κ2) is 6.75. The summed E-state index contributed by atoms with van der Waals surface area (Å²) in [5.41, 5.74) is 10.1. The predicted octanol–water partition coefficient (Wildman–Crippen LogP) is -2.86. The van der Waals surface area contributed by atoms with Crippen molar-refractivity contribution in [2.75, 3.05) is 6.61 Å². The molecule has 0 aliphatic heterocycles. The molecule has 0 radical (unpaired) electrons. The van der Waals surface area contributed by atoms with Crippen molar-refractivity contribution in [1.82, 2.24) is 5.32 Å². The number of carboxylic acid groups (broad SMARTS) is 1. The van der Waals surface area contributed by atoms with Gasteiger partial charge in [-0.3, -0.25) is 9.59 Å². The Morgan fingerprint density at radius 1 is 1.31 bits per heavy atom. The van der Waals surface area contributed by atoms with E-state index >= 15 is 0 Å². The molecule has 0 aromatic heterocycles. The molecule has 0 fully saturated rings. The molecule has 0 aromatic rings. The monoisotopic (exact) mass is 233 g/mol. The van der Waals surface area contributed by atoms with Gasteiger partial charge in [0.15, 0.2) is 0 Å². The van der Waals surface area contributed by atoms with Gasteiger partial charge in [-0.1, -0.05) is 0 Å². The third kappa shape index (κ3) is 5.27. The highest BCUT2D eigenvalue weighted by Gasteiger charge is 2.23. The van der Waals surface area contributed by atoms with E-state index in [2.05, 4.69) is 5.32 Å². The van der Waals surface area contributed by atoms with Crippen LogP contribution in [0.4, 0.5) is 0 Å². The number of primary amides is 1. The minimum absolute atomic E-state index is 0.135. The number of amides is 2. The Hall–Kier alpha value is -1.67. The largest absolute Gasteiger partial charge is 0.480 e. The molecule has 0 aliphatic rings. The van der Waals surface area contributed by atoms with Crippen LogP contribution in [0.3, 0.4) is 0 Å². The molecule has 16 heavy (non-hydrogen) atoms. The zero-order valence-electron chi connectivity index (χ0n) is 8.55. The van der Waals surface area contributed by atoms with Gasteiger partial charge in [0.2, 0.25) is 11.8 Å². The van der Waals surface area contributed by atoms with E-state index in [0.717, 1.165) is 0 Å². The molecule has 0 rings (SSSR count). The first-order chi connectivity index (χ1) is 7.38. The maximum atomic E-state index is 11.3. The smallest absolute Gasteiger partial charge is 0.326 e. The summed E-state index contributed by atoms with van der Waals surface area (Å²) in [6.07, 6.45) is -0.498. The molecule has 0 spiro atoms. The van der Waals surface area contributed by atoms with Gasteiger partial charge in [0.1, 0.15) is 6.04 Å². The highest BCUT2D eigenvalue weighted by Crippen LogP contribution is 1.94. The minimum atomic E-state index is -1.28. The average molecular weight is 233 g/mol. The van der Waals surface area contributed by atoms with Crippen molar-refractivity contribution in [2.24, 2.45) is 11.5 Å². The zero-order chi connectivity index (χ0) is 12.7. The molecule has 92 valence electrons. The van der Waals surface area contributed by atoms with Gasteiger partial charge < -0.3 is 27.0 Å². The number of hydrogen-bond donors (Lipinski definition) is 5. The fourth-order valence-electron chi connectivity index (χ4n) is 0.975. The Morgan fingerprint density at radius 2 is 1.88 bits per heavy atom. The van der Waals surface area contributed by atoms with E-state index in [1.54, 1.807) is 0 Å². The highest BCUT2D eigenvalue weighted by atomic mass is 16.4. The molecule has 0 heterocycles. The second-order valence-electron chi connectivity index (χ2n) is 3.19. The molecule has 8 heteroatoms. The molecule has 0 aromatic carbocycles. The summed E-state index contributed by atoms with van der Waals surface area (Å²) in [6.45, 7) is -0.387. The summed E-state index contributed by atoms with van der Waals surface area (Å²) in [5.74, 6) is -2.83. The number of carbonyl (C=O) groups excluding carboxylic acids is 2. The van der Waals surface area contributed by atoms with Crippen molar-refractivity contribution in [3.63, 3.8) is 0 Å². The fourth-order valence-corrected chi connectivity index (χ4v) is 0.975. The lowest BCUT2D eigenvalue weighted by Gasteiger charge is -2.16. The van der Waals surface area contributed by atoms with Crippen molar-refractivity contribution >= 4 is 17.8 Å². The van der Waals surface area contributed by atoms with Crippen molar-refractivity contribution in [3.05, 3.63) is 0 Å². The molecular weight excluding hydrogens is 218 g/mol. The van der Waals surface area contributed by atoms with Gasteiger partial charge in [-0.15, -0.1) is 0 Å². The number of aliphatic hydroxyl groups is 1. The van der Waals surface area contributed by atoms with E-state index in [4.69, 9.17) is 21.7 Å². The summed E-state index contributed by atoms with van der Waals surface area (Å²) in [7, 11) is 0. The molecule has 1 unspecified atom stereocenters. The van der Waals surface area contributed by atoms with Gasteiger partial charge >= 0.3 is 5.97 Å². The molecular formula is C8H15N3O5. The van der Waals surface area contributed by atoms with Gasteiger partial charge in [-0.2, -0.15) is 0 Å². The predicted molar refractivity (Wildman–Crippen MR) is 53.1 cm³/mol. The number of rotatable bonds is 7. The minimum Gasteiger partial charge on any atom is -0.480 e. The summed E-state index contributed by atoms with van der Waals surface area (Å²) in [4.78, 5) is 32.4. The van der Waals surface area contributed by atoms with E-state index in [9.17, 15) is 14.4 Å². The van der Waals surface area contributed by atoms with Gasteiger partial charge in [0.25, 0.3) is 0 Å². The summed E-state index contributed by atoms with van der Waals surface area (Å²) >= 11 is 0. The Balaban J connectivity index is 4.28. The van der Waals surface area contributed by atoms with Crippen molar-refractivity contribution < 1.29 is 24.6 Å². The Labute approximate surface area is 91.6 Å². The summed E-state index contributed by atoms with van der Waals surface area (Å²) in [5, 5.41) is 19.3. The standard InChI is InChI=1S/C8H15N3O5/c9-4(3-6(10)13)7(14)11-5(1-2-12)8(15)16/h4-5,12H,1-3,9H2,(H2,10,13)(H,11,14)(H,15,16)/t4?,5-/m0/s1. The maximum Gasteiger partial charge on any atom is 0.326 e. The highest BCUT2D eigenvalue weighted by molar-refractivity contribution is 5.90. The fraction of sp³-hybridized carbons (Fsp3) is 0.625. The molecule has 8 nitrogen and oxygen atoms in total. The van der Waals surface area contributed by atoms with Crippen LogP contribution in [0.1, 0.15) is 12.8 Å². The van der Waals surface area contributed by atoms with E-state index < -0.39 is 29.9 Å². The van der Waals surface area contributed by atoms with Crippen LogP contribution < -0.4 is 16.8 Å². The number of carbonyl (C=O) groups is 3. The average Bonchev–Trinajstić information content (AvgIpc) is 2.15. The third-order valence-electron chi connectivity index (χ3n) is 1.79. The summed E-state index contributed by atoms with van der Waals surface area (Å²) in [6, 6.07) is -2.41. The number of aliphatic hydroxyl groups excluding tert-OH is 1. The Kier molecular flexibility index (Phi) is 6.04. The van der Waals surface area contributed by atoms with Gasteiger partial charge in [0.05, 0.1) is 12.5 Å². The maximum absolute atomic E-state index is 11.3. The van der Waals surface area contributed by atoms with Crippen LogP contribution in [-0.2, 0) is 14.4 Å². The molecule has 2 atom stereocenters. The van der Waals surface area contributed by atoms with E-state index in [1.165, 1.54) is 0 Å². The molecule has 0 bridgehead atoms. The first kappa shape index (κ1) is 14.3. The van der Waals surface area contributed by atoms with Gasteiger partial charge in [-0.25, -0.2) is 4.79 Å². The van der Waals surface area contributed by atoms with Crippen LogP contribution in [-0.4, -0.2) is 46.7 Å². The lowest BCUT2D eigenvalue weighted by atomic mass is 10.1. The molecule has 2 amide bonds. The van der Waals surface area contributed by atoms with E-state index in [0.29, 0.717) is 0 Å². The quantitative estimate of drug-likeness (QED) is 0.318. The van der Waals surface area contributed by atoms with Crippen LogP contribution in [0, 0.1) is 0 Å². The zero-order valence-corrected chi connectivity index (χ0v) is 8.55. The number of nitrogens with one attached hydrogen (secondary N) is 1. The van der Waals surface area contributed by atoms with E-state index in [-0.39, 0.29) is 19.4 Å². The number of aliphatic carboxylic acids is 1. The van der Waals surface area contributed by atoms with Crippen LogP contribution in [0.25, 0.3) is 0 Å². The van der Waals surface area contributed by atoms with Crippen LogP contribution in [0.2, 0.25) is 0 Å². The first-order valence-electron chi connectivity index (χ1n) is 4.56. The SMILES string of the molecule is NC(=O)CC(N)C(=O)N[C@@H](CCO)C(=O)O. The molecule has 0 saturated carbocycles. The molecule has 0 aliphatic carbocycles. The van der Waals surface area contributed by atoms with Crippen molar-refractivity contribution in [1.29, 1.82) is 0 Å². The topological polar surface area (TPSA) is 156 Å². The van der Waals surface area contributed by atoms with Crippen LogP contribution >= 0.6 is 0 Å².